The monoisotopic (exact) mass is 253 g/mol. The molecule has 2 atom stereocenters. The van der Waals surface area contributed by atoms with Crippen molar-refractivity contribution in [2.75, 3.05) is 19.8 Å². The van der Waals surface area contributed by atoms with Gasteiger partial charge < -0.3 is 14.6 Å². The maximum Gasteiger partial charge on any atom is 0.0905 e. The fourth-order valence-corrected chi connectivity index (χ4v) is 3.14. The Morgan fingerprint density at radius 1 is 1.22 bits per heavy atom. The lowest BCUT2D eigenvalue weighted by molar-refractivity contribution is -0.179. The summed E-state index contributed by atoms with van der Waals surface area (Å²) in [4.78, 5) is 0. The standard InChI is InChI=1S/C14H23NO3/c1-11(2)12-9-14(16,5-8-18-12)13(10-15)3-6-17-7-4-13/h11-12,16H,3-9H2,1-2H3. The lowest BCUT2D eigenvalue weighted by atomic mass is 9.63. The van der Waals surface area contributed by atoms with Crippen LogP contribution in [0.25, 0.3) is 0 Å². The summed E-state index contributed by atoms with van der Waals surface area (Å²) in [6.07, 6.45) is 2.44. The first-order chi connectivity index (χ1) is 8.53. The van der Waals surface area contributed by atoms with Crippen molar-refractivity contribution in [3.8, 4) is 6.07 Å². The van der Waals surface area contributed by atoms with E-state index in [9.17, 15) is 10.4 Å². The molecule has 0 aromatic carbocycles. The Morgan fingerprint density at radius 2 is 1.89 bits per heavy atom. The van der Waals surface area contributed by atoms with Gasteiger partial charge >= 0.3 is 0 Å². The van der Waals surface area contributed by atoms with Crippen molar-refractivity contribution in [3.05, 3.63) is 0 Å². The van der Waals surface area contributed by atoms with Crippen molar-refractivity contribution in [2.24, 2.45) is 11.3 Å². The summed E-state index contributed by atoms with van der Waals surface area (Å²) >= 11 is 0. The van der Waals surface area contributed by atoms with Gasteiger partial charge in [0.2, 0.25) is 0 Å². The van der Waals surface area contributed by atoms with Crippen molar-refractivity contribution in [1.82, 2.24) is 0 Å². The summed E-state index contributed by atoms with van der Waals surface area (Å²) in [6, 6.07) is 2.40. The Labute approximate surface area is 109 Å². The van der Waals surface area contributed by atoms with Gasteiger partial charge in [0.15, 0.2) is 0 Å². The third-order valence-electron chi connectivity index (χ3n) is 4.58. The molecule has 0 spiro atoms. The summed E-state index contributed by atoms with van der Waals surface area (Å²) < 4.78 is 11.1. The zero-order valence-electron chi connectivity index (χ0n) is 11.3. The van der Waals surface area contributed by atoms with E-state index in [1.165, 1.54) is 0 Å². The molecule has 0 bridgehead atoms. The fourth-order valence-electron chi connectivity index (χ4n) is 3.14. The van der Waals surface area contributed by atoms with Crippen LogP contribution in [-0.2, 0) is 9.47 Å². The molecular weight excluding hydrogens is 230 g/mol. The topological polar surface area (TPSA) is 62.5 Å². The molecule has 0 radical (unpaired) electrons. The van der Waals surface area contributed by atoms with E-state index < -0.39 is 11.0 Å². The summed E-state index contributed by atoms with van der Waals surface area (Å²) in [5.41, 5.74) is -1.57. The van der Waals surface area contributed by atoms with Crippen molar-refractivity contribution in [3.63, 3.8) is 0 Å². The molecule has 2 saturated heterocycles. The van der Waals surface area contributed by atoms with Crippen molar-refractivity contribution in [2.45, 2.75) is 51.2 Å². The second-order valence-electron chi connectivity index (χ2n) is 5.95. The Morgan fingerprint density at radius 3 is 2.44 bits per heavy atom. The second-order valence-corrected chi connectivity index (χ2v) is 5.95. The molecule has 4 nitrogen and oxygen atoms in total. The minimum absolute atomic E-state index is 0.0526. The molecule has 0 aliphatic carbocycles. The molecule has 2 unspecified atom stereocenters. The first kappa shape index (κ1) is 13.8. The fraction of sp³-hybridized carbons (Fsp3) is 0.929. The molecule has 0 aromatic rings. The van der Waals surface area contributed by atoms with Crippen molar-refractivity contribution < 1.29 is 14.6 Å². The van der Waals surface area contributed by atoms with Gasteiger partial charge in [0.25, 0.3) is 0 Å². The average Bonchev–Trinajstić information content (AvgIpc) is 2.39. The highest BCUT2D eigenvalue weighted by Crippen LogP contribution is 2.47. The van der Waals surface area contributed by atoms with E-state index in [0.29, 0.717) is 51.4 Å². The Balaban J connectivity index is 2.20. The Kier molecular flexibility index (Phi) is 3.96. The Hall–Kier alpha value is -0.630. The van der Waals surface area contributed by atoms with Crippen LogP contribution in [0.2, 0.25) is 0 Å². The van der Waals surface area contributed by atoms with Gasteiger partial charge in [-0.25, -0.2) is 0 Å². The van der Waals surface area contributed by atoms with E-state index in [0.717, 1.165) is 0 Å². The quantitative estimate of drug-likeness (QED) is 0.816. The van der Waals surface area contributed by atoms with Gasteiger partial charge in [0.05, 0.1) is 23.2 Å². The molecule has 1 N–H and O–H groups in total. The smallest absolute Gasteiger partial charge is 0.0905 e. The van der Waals surface area contributed by atoms with E-state index >= 15 is 0 Å². The molecule has 0 aromatic heterocycles. The van der Waals surface area contributed by atoms with Gasteiger partial charge in [-0.1, -0.05) is 13.8 Å². The molecule has 4 heteroatoms. The summed E-state index contributed by atoms with van der Waals surface area (Å²) in [7, 11) is 0. The van der Waals surface area contributed by atoms with Crippen LogP contribution in [0.3, 0.4) is 0 Å². The van der Waals surface area contributed by atoms with Gasteiger partial charge in [0.1, 0.15) is 0 Å². The average molecular weight is 253 g/mol. The molecule has 102 valence electrons. The molecule has 2 aliphatic heterocycles. The number of nitriles is 1. The number of nitrogens with zero attached hydrogens (tertiary/aromatic N) is 1. The van der Waals surface area contributed by atoms with Gasteiger partial charge in [-0.3, -0.25) is 0 Å². The van der Waals surface area contributed by atoms with E-state index in [1.54, 1.807) is 0 Å². The van der Waals surface area contributed by atoms with Crippen LogP contribution in [0, 0.1) is 22.7 Å². The molecular formula is C14H23NO3. The van der Waals surface area contributed by atoms with Gasteiger partial charge in [0, 0.05) is 32.7 Å². The molecule has 18 heavy (non-hydrogen) atoms. The third-order valence-corrected chi connectivity index (χ3v) is 4.58. The number of aliphatic hydroxyl groups is 1. The highest BCUT2D eigenvalue weighted by molar-refractivity contribution is 5.13. The lowest BCUT2D eigenvalue weighted by Crippen LogP contribution is -2.56. The number of hydrogen-bond acceptors (Lipinski definition) is 4. The van der Waals surface area contributed by atoms with Gasteiger partial charge in [-0.15, -0.1) is 0 Å². The predicted octanol–water partition coefficient (Wildman–Crippen LogP) is 1.87. The summed E-state index contributed by atoms with van der Waals surface area (Å²) in [5, 5.41) is 20.6. The van der Waals surface area contributed by atoms with Gasteiger partial charge in [-0.2, -0.15) is 5.26 Å². The number of hydrogen-bond donors (Lipinski definition) is 1. The number of rotatable bonds is 2. The first-order valence-corrected chi connectivity index (χ1v) is 6.86. The van der Waals surface area contributed by atoms with Crippen molar-refractivity contribution in [1.29, 1.82) is 5.26 Å². The predicted molar refractivity (Wildman–Crippen MR) is 66.9 cm³/mol. The molecule has 2 heterocycles. The van der Waals surface area contributed by atoms with E-state index in [4.69, 9.17) is 9.47 Å². The first-order valence-electron chi connectivity index (χ1n) is 6.86. The third kappa shape index (κ3) is 2.27. The van der Waals surface area contributed by atoms with Crippen LogP contribution < -0.4 is 0 Å². The van der Waals surface area contributed by atoms with E-state index in [1.807, 2.05) is 0 Å². The summed E-state index contributed by atoms with van der Waals surface area (Å²) in [5.74, 6) is 0.368. The highest BCUT2D eigenvalue weighted by Gasteiger charge is 2.54. The molecule has 0 amide bonds. The van der Waals surface area contributed by atoms with Crippen LogP contribution >= 0.6 is 0 Å². The van der Waals surface area contributed by atoms with E-state index in [-0.39, 0.29) is 6.10 Å². The maximum atomic E-state index is 11.0. The van der Waals surface area contributed by atoms with E-state index in [2.05, 4.69) is 19.9 Å². The highest BCUT2D eigenvalue weighted by atomic mass is 16.5. The SMILES string of the molecule is CC(C)C1CC(O)(C2(C#N)CCOCC2)CCO1. The maximum absolute atomic E-state index is 11.0. The minimum Gasteiger partial charge on any atom is -0.388 e. The Bertz CT molecular complexity index is 330. The zero-order valence-corrected chi connectivity index (χ0v) is 11.3. The molecule has 2 aliphatic rings. The normalized spacial score (nSPS) is 36.3. The van der Waals surface area contributed by atoms with Crippen LogP contribution in [0.1, 0.15) is 39.5 Å². The van der Waals surface area contributed by atoms with Gasteiger partial charge in [-0.05, 0) is 18.8 Å². The minimum atomic E-state index is -0.918. The van der Waals surface area contributed by atoms with Crippen LogP contribution in [0.5, 0.6) is 0 Å². The number of ether oxygens (including phenoxy) is 2. The second kappa shape index (κ2) is 5.16. The molecule has 2 fully saturated rings. The van der Waals surface area contributed by atoms with Crippen LogP contribution in [0.15, 0.2) is 0 Å². The summed E-state index contributed by atoms with van der Waals surface area (Å²) in [6.45, 7) is 5.88. The molecule has 2 rings (SSSR count). The lowest BCUT2D eigenvalue weighted by Gasteiger charge is -2.49. The van der Waals surface area contributed by atoms with Crippen LogP contribution in [0.4, 0.5) is 0 Å². The van der Waals surface area contributed by atoms with Crippen LogP contribution in [-0.4, -0.2) is 36.6 Å². The van der Waals surface area contributed by atoms with Crippen molar-refractivity contribution >= 4 is 0 Å². The largest absolute Gasteiger partial charge is 0.388 e. The molecule has 0 saturated carbocycles. The zero-order chi connectivity index (χ0) is 13.2.